The van der Waals surface area contributed by atoms with E-state index in [1.165, 1.54) is 6.07 Å². The Morgan fingerprint density at radius 2 is 2.05 bits per heavy atom. The minimum atomic E-state index is -0.165. The number of aliphatic hydroxyl groups excluding tert-OH is 1. The summed E-state index contributed by atoms with van der Waals surface area (Å²) >= 11 is 3.38. The highest BCUT2D eigenvalue weighted by Crippen LogP contribution is 2.25. The van der Waals surface area contributed by atoms with Crippen molar-refractivity contribution in [1.82, 2.24) is 5.32 Å². The minimum absolute atomic E-state index is 0.00403. The van der Waals surface area contributed by atoms with E-state index in [9.17, 15) is 9.50 Å². The van der Waals surface area contributed by atoms with Crippen LogP contribution in [0.5, 0.6) is 0 Å². The summed E-state index contributed by atoms with van der Waals surface area (Å²) in [5.74, 6) is 0.434. The lowest BCUT2D eigenvalue weighted by molar-refractivity contribution is 0.107. The summed E-state index contributed by atoms with van der Waals surface area (Å²) in [6.07, 6.45) is 3.79. The van der Waals surface area contributed by atoms with Gasteiger partial charge >= 0.3 is 0 Å². The molecule has 2 nitrogen and oxygen atoms in total. The van der Waals surface area contributed by atoms with Crippen molar-refractivity contribution in [3.63, 3.8) is 0 Å². The van der Waals surface area contributed by atoms with Crippen LogP contribution >= 0.6 is 15.9 Å². The zero-order chi connectivity index (χ0) is 13.8. The lowest BCUT2D eigenvalue weighted by Gasteiger charge is -2.27. The number of halogens is 2. The van der Waals surface area contributed by atoms with Crippen LogP contribution in [0.3, 0.4) is 0 Å². The van der Waals surface area contributed by atoms with Gasteiger partial charge in [-0.15, -0.1) is 0 Å². The van der Waals surface area contributed by atoms with Gasteiger partial charge in [-0.1, -0.05) is 15.9 Å². The molecule has 0 radical (unpaired) electrons. The Labute approximate surface area is 122 Å². The van der Waals surface area contributed by atoms with Crippen LogP contribution in [0.1, 0.15) is 44.2 Å². The van der Waals surface area contributed by atoms with Crippen molar-refractivity contribution in [2.45, 2.75) is 44.8 Å². The molecule has 1 aliphatic rings. The van der Waals surface area contributed by atoms with Crippen LogP contribution in [0.4, 0.5) is 4.39 Å². The van der Waals surface area contributed by atoms with Crippen LogP contribution < -0.4 is 5.32 Å². The summed E-state index contributed by atoms with van der Waals surface area (Å²) in [4.78, 5) is 0. The van der Waals surface area contributed by atoms with Crippen molar-refractivity contribution >= 4 is 15.9 Å². The molecule has 1 aromatic carbocycles. The Kier molecular flexibility index (Phi) is 5.37. The number of hydrogen-bond acceptors (Lipinski definition) is 2. The first kappa shape index (κ1) is 14.9. The molecule has 2 N–H and O–H groups in total. The van der Waals surface area contributed by atoms with E-state index in [0.29, 0.717) is 11.5 Å². The molecule has 1 saturated carbocycles. The van der Waals surface area contributed by atoms with Gasteiger partial charge in [-0.05, 0) is 63.3 Å². The minimum Gasteiger partial charge on any atom is -0.393 e. The Morgan fingerprint density at radius 3 is 2.74 bits per heavy atom. The van der Waals surface area contributed by atoms with E-state index in [4.69, 9.17) is 0 Å². The number of aliphatic hydroxyl groups is 1. The Morgan fingerprint density at radius 1 is 1.37 bits per heavy atom. The Balaban J connectivity index is 1.87. The standard InChI is InChI=1S/C15H21BrFNO/c1-10(14-8-12(16)4-7-15(14)17)18-9-11-2-5-13(19)6-3-11/h4,7-8,10-11,13,18-19H,2-3,5-6,9H2,1H3. The van der Waals surface area contributed by atoms with Crippen LogP contribution in [0.15, 0.2) is 22.7 Å². The predicted octanol–water partition coefficient (Wildman–Crippen LogP) is 3.79. The molecule has 0 heterocycles. The van der Waals surface area contributed by atoms with Crippen LogP contribution in [-0.2, 0) is 0 Å². The van der Waals surface area contributed by atoms with Crippen LogP contribution in [0.2, 0.25) is 0 Å². The molecule has 1 aliphatic carbocycles. The van der Waals surface area contributed by atoms with Gasteiger partial charge < -0.3 is 10.4 Å². The van der Waals surface area contributed by atoms with Gasteiger partial charge in [-0.3, -0.25) is 0 Å². The molecule has 0 aromatic heterocycles. The smallest absolute Gasteiger partial charge is 0.128 e. The molecule has 0 saturated heterocycles. The van der Waals surface area contributed by atoms with Crippen LogP contribution in [0, 0.1) is 11.7 Å². The molecule has 0 spiro atoms. The maximum Gasteiger partial charge on any atom is 0.128 e. The molecule has 1 atom stereocenters. The molecule has 0 bridgehead atoms. The van der Waals surface area contributed by atoms with Gasteiger partial charge in [0.1, 0.15) is 5.82 Å². The molecule has 2 rings (SSSR count). The average Bonchev–Trinajstić information content (AvgIpc) is 2.40. The van der Waals surface area contributed by atoms with E-state index in [-0.39, 0.29) is 18.0 Å². The summed E-state index contributed by atoms with van der Waals surface area (Å²) in [7, 11) is 0. The lowest BCUT2D eigenvalue weighted by Crippen LogP contribution is -2.30. The third-order valence-electron chi connectivity index (χ3n) is 3.95. The third kappa shape index (κ3) is 4.26. The molecule has 0 aliphatic heterocycles. The van der Waals surface area contributed by atoms with E-state index < -0.39 is 0 Å². The number of rotatable bonds is 4. The summed E-state index contributed by atoms with van der Waals surface area (Å²) < 4.78 is 14.6. The largest absolute Gasteiger partial charge is 0.393 e. The first-order chi connectivity index (χ1) is 9.06. The number of nitrogens with one attached hydrogen (secondary N) is 1. The van der Waals surface area contributed by atoms with E-state index in [0.717, 1.165) is 36.7 Å². The highest BCUT2D eigenvalue weighted by Gasteiger charge is 2.20. The molecular weight excluding hydrogens is 309 g/mol. The van der Waals surface area contributed by atoms with Gasteiger partial charge in [-0.2, -0.15) is 0 Å². The summed E-state index contributed by atoms with van der Waals surface area (Å²) in [5.41, 5.74) is 0.699. The van der Waals surface area contributed by atoms with Gasteiger partial charge in [0.25, 0.3) is 0 Å². The van der Waals surface area contributed by atoms with Gasteiger partial charge in [0.05, 0.1) is 6.10 Å². The number of benzene rings is 1. The zero-order valence-corrected chi connectivity index (χ0v) is 12.8. The van der Waals surface area contributed by atoms with Crippen molar-refractivity contribution in [2.75, 3.05) is 6.54 Å². The van der Waals surface area contributed by atoms with E-state index in [2.05, 4.69) is 21.2 Å². The van der Waals surface area contributed by atoms with Gasteiger partial charge in [0.2, 0.25) is 0 Å². The second-order valence-corrected chi connectivity index (χ2v) is 6.39. The average molecular weight is 330 g/mol. The first-order valence-corrected chi connectivity index (χ1v) is 7.72. The maximum atomic E-state index is 13.7. The zero-order valence-electron chi connectivity index (χ0n) is 11.2. The Hall–Kier alpha value is -0.450. The molecular formula is C15H21BrFNO. The fraction of sp³-hybridized carbons (Fsp3) is 0.600. The molecule has 1 fully saturated rings. The van der Waals surface area contributed by atoms with Gasteiger partial charge in [-0.25, -0.2) is 4.39 Å². The van der Waals surface area contributed by atoms with Crippen molar-refractivity contribution in [3.05, 3.63) is 34.1 Å². The van der Waals surface area contributed by atoms with Crippen molar-refractivity contribution in [2.24, 2.45) is 5.92 Å². The highest BCUT2D eigenvalue weighted by molar-refractivity contribution is 9.10. The third-order valence-corrected chi connectivity index (χ3v) is 4.45. The normalized spacial score (nSPS) is 25.3. The van der Waals surface area contributed by atoms with Crippen LogP contribution in [0.25, 0.3) is 0 Å². The SMILES string of the molecule is CC(NCC1CCC(O)CC1)c1cc(Br)ccc1F. The molecule has 4 heteroatoms. The Bertz CT molecular complexity index is 419. The highest BCUT2D eigenvalue weighted by atomic mass is 79.9. The maximum absolute atomic E-state index is 13.7. The van der Waals surface area contributed by atoms with Gasteiger partial charge in [0.15, 0.2) is 0 Å². The first-order valence-electron chi connectivity index (χ1n) is 6.92. The lowest BCUT2D eigenvalue weighted by atomic mass is 9.87. The predicted molar refractivity (Wildman–Crippen MR) is 78.5 cm³/mol. The second kappa shape index (κ2) is 6.82. The molecule has 1 aromatic rings. The summed E-state index contributed by atoms with van der Waals surface area (Å²) in [5, 5.41) is 12.9. The molecule has 1 unspecified atom stereocenters. The van der Waals surface area contributed by atoms with Gasteiger partial charge in [0, 0.05) is 16.1 Å². The van der Waals surface area contributed by atoms with E-state index in [1.54, 1.807) is 6.07 Å². The topological polar surface area (TPSA) is 32.3 Å². The number of hydrogen-bond donors (Lipinski definition) is 2. The fourth-order valence-corrected chi connectivity index (χ4v) is 3.03. The second-order valence-electron chi connectivity index (χ2n) is 5.47. The monoisotopic (exact) mass is 329 g/mol. The fourth-order valence-electron chi connectivity index (χ4n) is 2.65. The quantitative estimate of drug-likeness (QED) is 0.880. The summed E-state index contributed by atoms with van der Waals surface area (Å²) in [6.45, 7) is 2.88. The van der Waals surface area contributed by atoms with Crippen molar-refractivity contribution in [3.8, 4) is 0 Å². The van der Waals surface area contributed by atoms with Crippen LogP contribution in [-0.4, -0.2) is 17.8 Å². The molecule has 106 valence electrons. The summed E-state index contributed by atoms with van der Waals surface area (Å²) in [6, 6.07) is 5.05. The molecule has 19 heavy (non-hydrogen) atoms. The molecule has 0 amide bonds. The van der Waals surface area contributed by atoms with E-state index in [1.807, 2.05) is 13.0 Å². The van der Waals surface area contributed by atoms with Crippen molar-refractivity contribution in [1.29, 1.82) is 0 Å². The van der Waals surface area contributed by atoms with E-state index >= 15 is 0 Å². The van der Waals surface area contributed by atoms with Crippen molar-refractivity contribution < 1.29 is 9.50 Å².